The number of esters is 3. The lowest BCUT2D eigenvalue weighted by Crippen LogP contribution is -2.51. The first kappa shape index (κ1) is 23.4. The van der Waals surface area contributed by atoms with Crippen molar-refractivity contribution in [2.24, 2.45) is 11.3 Å². The Hall–Kier alpha value is -2.85. The molecule has 0 unspecified atom stereocenters. The number of rotatable bonds is 7. The first-order valence-electron chi connectivity index (χ1n) is 9.74. The van der Waals surface area contributed by atoms with Crippen molar-refractivity contribution >= 4 is 29.5 Å². The molecule has 0 radical (unpaired) electrons. The highest BCUT2D eigenvalue weighted by molar-refractivity contribution is 6.30. The molecule has 8 heteroatoms. The van der Waals surface area contributed by atoms with Crippen LogP contribution >= 0.6 is 11.6 Å². The third-order valence-corrected chi connectivity index (χ3v) is 5.25. The average Bonchev–Trinajstić information content (AvgIpc) is 2.73. The Balaban J connectivity index is 2.75. The van der Waals surface area contributed by atoms with Gasteiger partial charge in [-0.2, -0.15) is 5.26 Å². The normalized spacial score (nSPS) is 23.0. The Morgan fingerprint density at radius 1 is 1.07 bits per heavy atom. The molecule has 7 nitrogen and oxygen atoms in total. The van der Waals surface area contributed by atoms with E-state index in [4.69, 9.17) is 25.8 Å². The van der Waals surface area contributed by atoms with Crippen LogP contribution in [0.2, 0.25) is 5.02 Å². The quantitative estimate of drug-likeness (QED) is 0.478. The van der Waals surface area contributed by atoms with Crippen molar-refractivity contribution in [1.82, 2.24) is 0 Å². The fourth-order valence-electron chi connectivity index (χ4n) is 3.74. The second-order valence-corrected chi connectivity index (χ2v) is 7.04. The monoisotopic (exact) mass is 433 g/mol. The largest absolute Gasteiger partial charge is 0.465 e. The molecule has 2 rings (SSSR count). The van der Waals surface area contributed by atoms with Crippen molar-refractivity contribution in [1.29, 1.82) is 5.26 Å². The number of carbonyl (C=O) groups excluding carboxylic acids is 3. The van der Waals surface area contributed by atoms with Gasteiger partial charge in [-0.15, -0.1) is 0 Å². The van der Waals surface area contributed by atoms with Crippen molar-refractivity contribution in [2.45, 2.75) is 33.1 Å². The molecule has 0 spiro atoms. The van der Waals surface area contributed by atoms with Crippen LogP contribution < -0.4 is 0 Å². The summed E-state index contributed by atoms with van der Waals surface area (Å²) in [6.07, 6.45) is 1.69. The first-order valence-corrected chi connectivity index (χ1v) is 10.1. The molecule has 0 fully saturated rings. The Morgan fingerprint density at radius 2 is 1.67 bits per heavy atom. The fourth-order valence-corrected chi connectivity index (χ4v) is 3.87. The summed E-state index contributed by atoms with van der Waals surface area (Å²) in [6, 6.07) is 8.66. The molecular weight excluding hydrogens is 410 g/mol. The van der Waals surface area contributed by atoms with Crippen LogP contribution in [0.3, 0.4) is 0 Å². The molecule has 0 heterocycles. The van der Waals surface area contributed by atoms with E-state index in [1.54, 1.807) is 45.0 Å². The summed E-state index contributed by atoms with van der Waals surface area (Å²) in [5.74, 6) is -4.76. The molecular formula is C22H24ClNO6. The highest BCUT2D eigenvalue weighted by atomic mass is 35.5. The second kappa shape index (κ2) is 10.3. The predicted molar refractivity (Wildman–Crippen MR) is 108 cm³/mol. The van der Waals surface area contributed by atoms with Gasteiger partial charge in [0.25, 0.3) is 0 Å². The van der Waals surface area contributed by atoms with Gasteiger partial charge >= 0.3 is 17.9 Å². The maximum Gasteiger partial charge on any atom is 0.334 e. The summed E-state index contributed by atoms with van der Waals surface area (Å²) < 4.78 is 15.5. The molecule has 1 aliphatic rings. The van der Waals surface area contributed by atoms with Crippen LogP contribution in [0.4, 0.5) is 0 Å². The molecule has 0 saturated heterocycles. The summed E-state index contributed by atoms with van der Waals surface area (Å²) in [5.41, 5.74) is -1.47. The van der Waals surface area contributed by atoms with Gasteiger partial charge in [-0.25, -0.2) is 4.79 Å². The number of benzene rings is 1. The third-order valence-electron chi connectivity index (χ3n) is 4.99. The van der Waals surface area contributed by atoms with Gasteiger partial charge in [0.05, 0.1) is 25.9 Å². The summed E-state index contributed by atoms with van der Waals surface area (Å²) in [4.78, 5) is 38.8. The molecule has 1 aromatic carbocycles. The zero-order chi connectivity index (χ0) is 22.3. The van der Waals surface area contributed by atoms with E-state index in [1.807, 2.05) is 6.07 Å². The minimum Gasteiger partial charge on any atom is -0.465 e. The lowest BCUT2D eigenvalue weighted by molar-refractivity contribution is -0.167. The van der Waals surface area contributed by atoms with E-state index in [1.165, 1.54) is 6.08 Å². The topological polar surface area (TPSA) is 103 Å². The number of nitrogens with zero attached hydrogens (tertiary/aromatic N) is 1. The van der Waals surface area contributed by atoms with Crippen LogP contribution in [0.1, 0.15) is 38.7 Å². The van der Waals surface area contributed by atoms with Gasteiger partial charge < -0.3 is 14.2 Å². The molecule has 1 aliphatic carbocycles. The van der Waals surface area contributed by atoms with Crippen molar-refractivity contribution in [3.63, 3.8) is 0 Å². The maximum atomic E-state index is 13.2. The number of allylic oxidation sites excluding steroid dienone is 1. The second-order valence-electron chi connectivity index (χ2n) is 6.61. The van der Waals surface area contributed by atoms with Gasteiger partial charge in [0.1, 0.15) is 5.92 Å². The van der Waals surface area contributed by atoms with E-state index >= 15 is 0 Å². The van der Waals surface area contributed by atoms with Gasteiger partial charge in [-0.1, -0.05) is 29.8 Å². The van der Waals surface area contributed by atoms with Crippen LogP contribution in [0.5, 0.6) is 0 Å². The van der Waals surface area contributed by atoms with Gasteiger partial charge in [0, 0.05) is 16.5 Å². The van der Waals surface area contributed by atoms with Crippen LogP contribution in [0.25, 0.3) is 0 Å². The Kier molecular flexibility index (Phi) is 8.01. The van der Waals surface area contributed by atoms with Crippen molar-refractivity contribution in [3.8, 4) is 6.07 Å². The number of halogens is 1. The first-order chi connectivity index (χ1) is 14.4. The Morgan fingerprint density at radius 3 is 2.20 bits per heavy atom. The maximum absolute atomic E-state index is 13.2. The van der Waals surface area contributed by atoms with Gasteiger partial charge in [0.2, 0.25) is 0 Å². The average molecular weight is 434 g/mol. The zero-order valence-electron chi connectivity index (χ0n) is 17.1. The van der Waals surface area contributed by atoms with Crippen molar-refractivity contribution in [2.75, 3.05) is 19.8 Å². The minimum absolute atomic E-state index is 0.00357. The molecule has 30 heavy (non-hydrogen) atoms. The number of carbonyl (C=O) groups is 3. The molecule has 3 atom stereocenters. The highest BCUT2D eigenvalue weighted by Gasteiger charge is 2.61. The summed E-state index contributed by atoms with van der Waals surface area (Å²) >= 11 is 5.98. The molecule has 1 aromatic rings. The van der Waals surface area contributed by atoms with Gasteiger partial charge in [-0.05, 0) is 44.9 Å². The van der Waals surface area contributed by atoms with E-state index in [0.717, 1.165) is 0 Å². The van der Waals surface area contributed by atoms with Crippen molar-refractivity contribution < 1.29 is 28.6 Å². The molecule has 0 aromatic heterocycles. The summed E-state index contributed by atoms with van der Waals surface area (Å²) in [5, 5.41) is 10.8. The number of nitriles is 1. The number of hydrogen-bond acceptors (Lipinski definition) is 7. The summed E-state index contributed by atoms with van der Waals surface area (Å²) in [7, 11) is 0. The minimum atomic E-state index is -2.01. The molecule has 0 saturated carbocycles. The predicted octanol–water partition coefficient (Wildman–Crippen LogP) is 3.57. The van der Waals surface area contributed by atoms with E-state index in [0.29, 0.717) is 10.6 Å². The molecule has 0 bridgehead atoms. The van der Waals surface area contributed by atoms with E-state index < -0.39 is 35.2 Å². The smallest absolute Gasteiger partial charge is 0.334 e. The van der Waals surface area contributed by atoms with E-state index in [2.05, 4.69) is 0 Å². The zero-order valence-corrected chi connectivity index (χ0v) is 17.9. The standard InChI is InChI=1S/C22H24ClNO6/c1-4-28-19(25)16-11-12-17(14-7-9-15(23)10-8-14)22(13-24,21(27)30-6-3)18(16)20(26)29-5-2/h7-11,17-18H,4-6,12H2,1-3H3/t17-,18+,22-/m1/s1. The molecule has 160 valence electrons. The molecule has 0 aliphatic heterocycles. The SMILES string of the molecule is CCOC(=O)C1=CC[C@H](c2ccc(Cl)cc2)[C@@](C#N)(C(=O)OCC)[C@@H]1C(=O)OCC. The van der Waals surface area contributed by atoms with Crippen LogP contribution in [-0.4, -0.2) is 37.7 Å². The number of hydrogen-bond donors (Lipinski definition) is 0. The van der Waals surface area contributed by atoms with Crippen LogP contribution in [0.15, 0.2) is 35.9 Å². The lowest BCUT2D eigenvalue weighted by atomic mass is 9.58. The Labute approximate surface area is 180 Å². The fraction of sp³-hybridized carbons (Fsp3) is 0.455. The van der Waals surface area contributed by atoms with Crippen molar-refractivity contribution in [3.05, 3.63) is 46.5 Å². The van der Waals surface area contributed by atoms with E-state index in [9.17, 15) is 19.6 Å². The van der Waals surface area contributed by atoms with Gasteiger partial charge in [-0.3, -0.25) is 9.59 Å². The van der Waals surface area contributed by atoms with E-state index in [-0.39, 0.29) is 31.8 Å². The Bertz CT molecular complexity index is 873. The number of ether oxygens (including phenoxy) is 3. The highest BCUT2D eigenvalue weighted by Crippen LogP contribution is 2.52. The molecule has 0 amide bonds. The summed E-state index contributed by atoms with van der Waals surface area (Å²) in [6.45, 7) is 4.92. The van der Waals surface area contributed by atoms with Gasteiger partial charge in [0.15, 0.2) is 5.41 Å². The molecule has 0 N–H and O–H groups in total. The third kappa shape index (κ3) is 4.34. The lowest BCUT2D eigenvalue weighted by Gasteiger charge is -2.41. The van der Waals surface area contributed by atoms with Crippen LogP contribution in [0, 0.1) is 22.7 Å². The van der Waals surface area contributed by atoms with Crippen LogP contribution in [-0.2, 0) is 28.6 Å².